The Morgan fingerprint density at radius 2 is 1.92 bits per heavy atom. The maximum atomic E-state index is 11.8. The SMILES string of the molecule is C=CCNC(=O)c1ccc(NC(=O)OCc2ccccc2)cc1O. The molecule has 0 saturated heterocycles. The Balaban J connectivity index is 1.92. The number of rotatable bonds is 6. The number of hydrogen-bond donors (Lipinski definition) is 3. The molecule has 2 aromatic rings. The van der Waals surface area contributed by atoms with Crippen LogP contribution in [0.4, 0.5) is 10.5 Å². The summed E-state index contributed by atoms with van der Waals surface area (Å²) in [7, 11) is 0. The third-order valence-corrected chi connectivity index (χ3v) is 3.11. The molecule has 2 rings (SSSR count). The average Bonchev–Trinajstić information content (AvgIpc) is 2.59. The van der Waals surface area contributed by atoms with Gasteiger partial charge in [0.25, 0.3) is 5.91 Å². The molecule has 0 fully saturated rings. The third kappa shape index (κ3) is 4.88. The second-order valence-corrected chi connectivity index (χ2v) is 4.92. The summed E-state index contributed by atoms with van der Waals surface area (Å²) in [5.41, 5.74) is 1.30. The van der Waals surface area contributed by atoms with E-state index in [9.17, 15) is 14.7 Å². The second-order valence-electron chi connectivity index (χ2n) is 4.92. The van der Waals surface area contributed by atoms with Gasteiger partial charge in [0.1, 0.15) is 12.4 Å². The highest BCUT2D eigenvalue weighted by molar-refractivity contribution is 5.98. The molecule has 3 N–H and O–H groups in total. The zero-order valence-electron chi connectivity index (χ0n) is 13.0. The van der Waals surface area contributed by atoms with E-state index < -0.39 is 12.0 Å². The molecule has 0 aromatic heterocycles. The van der Waals surface area contributed by atoms with E-state index in [2.05, 4.69) is 17.2 Å². The van der Waals surface area contributed by atoms with E-state index in [1.165, 1.54) is 24.3 Å². The first-order valence-electron chi connectivity index (χ1n) is 7.30. The van der Waals surface area contributed by atoms with Crippen LogP contribution in [-0.2, 0) is 11.3 Å². The van der Waals surface area contributed by atoms with Crippen molar-refractivity contribution in [3.63, 3.8) is 0 Å². The van der Waals surface area contributed by atoms with Crippen LogP contribution in [0.15, 0.2) is 61.2 Å². The highest BCUT2D eigenvalue weighted by atomic mass is 16.5. The van der Waals surface area contributed by atoms with Crippen molar-refractivity contribution in [2.45, 2.75) is 6.61 Å². The van der Waals surface area contributed by atoms with Crippen LogP contribution in [0.2, 0.25) is 0 Å². The summed E-state index contributed by atoms with van der Waals surface area (Å²) < 4.78 is 5.08. The van der Waals surface area contributed by atoms with Gasteiger partial charge in [0.05, 0.1) is 5.56 Å². The first-order valence-corrected chi connectivity index (χ1v) is 7.30. The molecule has 124 valence electrons. The lowest BCUT2D eigenvalue weighted by Crippen LogP contribution is -2.23. The van der Waals surface area contributed by atoms with Crippen LogP contribution in [0.1, 0.15) is 15.9 Å². The van der Waals surface area contributed by atoms with Gasteiger partial charge in [-0.3, -0.25) is 10.1 Å². The summed E-state index contributed by atoms with van der Waals surface area (Å²) in [6.07, 6.45) is 0.885. The van der Waals surface area contributed by atoms with Gasteiger partial charge in [-0.15, -0.1) is 6.58 Å². The summed E-state index contributed by atoms with van der Waals surface area (Å²) >= 11 is 0. The number of phenols is 1. The molecule has 6 nitrogen and oxygen atoms in total. The van der Waals surface area contributed by atoms with Crippen molar-refractivity contribution < 1.29 is 19.4 Å². The second kappa shape index (κ2) is 8.38. The van der Waals surface area contributed by atoms with Crippen LogP contribution in [0.25, 0.3) is 0 Å². The quantitative estimate of drug-likeness (QED) is 0.712. The predicted octanol–water partition coefficient (Wildman–Crippen LogP) is 3.06. The van der Waals surface area contributed by atoms with Crippen molar-refractivity contribution in [1.29, 1.82) is 0 Å². The molecule has 0 atom stereocenters. The Bertz CT molecular complexity index is 729. The Morgan fingerprint density at radius 3 is 2.58 bits per heavy atom. The van der Waals surface area contributed by atoms with E-state index in [-0.39, 0.29) is 17.9 Å². The van der Waals surface area contributed by atoms with Gasteiger partial charge < -0.3 is 15.2 Å². The van der Waals surface area contributed by atoms with Gasteiger partial charge in [-0.05, 0) is 17.7 Å². The van der Waals surface area contributed by atoms with Gasteiger partial charge in [-0.25, -0.2) is 4.79 Å². The largest absolute Gasteiger partial charge is 0.507 e. The lowest BCUT2D eigenvalue weighted by molar-refractivity contribution is 0.0955. The van der Waals surface area contributed by atoms with Crippen molar-refractivity contribution in [3.05, 3.63) is 72.3 Å². The number of benzene rings is 2. The Labute approximate surface area is 139 Å². The number of carbonyl (C=O) groups excluding carboxylic acids is 2. The number of amides is 2. The average molecular weight is 326 g/mol. The highest BCUT2D eigenvalue weighted by Gasteiger charge is 2.12. The van der Waals surface area contributed by atoms with Crippen molar-refractivity contribution in [3.8, 4) is 5.75 Å². The van der Waals surface area contributed by atoms with E-state index in [1.54, 1.807) is 0 Å². The first-order chi connectivity index (χ1) is 11.6. The van der Waals surface area contributed by atoms with Crippen molar-refractivity contribution >= 4 is 17.7 Å². The fourth-order valence-corrected chi connectivity index (χ4v) is 1.94. The van der Waals surface area contributed by atoms with Crippen LogP contribution >= 0.6 is 0 Å². The number of phenolic OH excluding ortho intramolecular Hbond substituents is 1. The minimum Gasteiger partial charge on any atom is -0.507 e. The van der Waals surface area contributed by atoms with Crippen LogP contribution in [-0.4, -0.2) is 23.7 Å². The molecule has 0 aliphatic carbocycles. The predicted molar refractivity (Wildman–Crippen MR) is 90.9 cm³/mol. The Morgan fingerprint density at radius 1 is 1.17 bits per heavy atom. The zero-order valence-corrected chi connectivity index (χ0v) is 13.0. The summed E-state index contributed by atoms with van der Waals surface area (Å²) in [5.74, 6) is -0.664. The Hall–Kier alpha value is -3.28. The van der Waals surface area contributed by atoms with Gasteiger partial charge in [-0.1, -0.05) is 36.4 Å². The van der Waals surface area contributed by atoms with E-state index in [0.29, 0.717) is 12.2 Å². The maximum absolute atomic E-state index is 11.8. The summed E-state index contributed by atoms with van der Waals surface area (Å²) in [5, 5.41) is 15.0. The van der Waals surface area contributed by atoms with Crippen LogP contribution in [0.3, 0.4) is 0 Å². The molecular weight excluding hydrogens is 308 g/mol. The first kappa shape index (κ1) is 17.1. The minimum atomic E-state index is -0.651. The molecular formula is C18H18N2O4. The fraction of sp³-hybridized carbons (Fsp3) is 0.111. The normalized spacial score (nSPS) is 9.83. The van der Waals surface area contributed by atoms with Crippen LogP contribution < -0.4 is 10.6 Å². The van der Waals surface area contributed by atoms with Gasteiger partial charge in [0.15, 0.2) is 0 Å². The number of aromatic hydroxyl groups is 1. The molecule has 0 spiro atoms. The van der Waals surface area contributed by atoms with E-state index in [0.717, 1.165) is 5.56 Å². The molecule has 0 aliphatic rings. The number of hydrogen-bond acceptors (Lipinski definition) is 4. The topological polar surface area (TPSA) is 87.7 Å². The number of nitrogens with one attached hydrogen (secondary N) is 2. The number of anilines is 1. The van der Waals surface area contributed by atoms with E-state index in [1.807, 2.05) is 30.3 Å². The van der Waals surface area contributed by atoms with Gasteiger partial charge in [0.2, 0.25) is 0 Å². The van der Waals surface area contributed by atoms with Gasteiger partial charge in [0, 0.05) is 18.3 Å². The lowest BCUT2D eigenvalue weighted by atomic mass is 10.1. The van der Waals surface area contributed by atoms with E-state index >= 15 is 0 Å². The molecule has 2 amide bonds. The lowest BCUT2D eigenvalue weighted by Gasteiger charge is -2.09. The third-order valence-electron chi connectivity index (χ3n) is 3.11. The fourth-order valence-electron chi connectivity index (χ4n) is 1.94. The van der Waals surface area contributed by atoms with Gasteiger partial charge in [-0.2, -0.15) is 0 Å². The minimum absolute atomic E-state index is 0.111. The summed E-state index contributed by atoms with van der Waals surface area (Å²) in [6.45, 7) is 3.93. The van der Waals surface area contributed by atoms with Crippen LogP contribution in [0, 0.1) is 0 Å². The summed E-state index contributed by atoms with van der Waals surface area (Å²) in [4.78, 5) is 23.5. The maximum Gasteiger partial charge on any atom is 0.411 e. The summed E-state index contributed by atoms with van der Waals surface area (Å²) in [6, 6.07) is 13.5. The standard InChI is InChI=1S/C18H18N2O4/c1-2-10-19-17(22)15-9-8-14(11-16(15)21)20-18(23)24-12-13-6-4-3-5-7-13/h2-9,11,21H,1,10,12H2,(H,19,22)(H,20,23). The van der Waals surface area contributed by atoms with Crippen molar-refractivity contribution in [1.82, 2.24) is 5.32 Å². The molecule has 0 radical (unpaired) electrons. The molecule has 2 aromatic carbocycles. The molecule has 6 heteroatoms. The Kier molecular flexibility index (Phi) is 5.96. The molecule has 24 heavy (non-hydrogen) atoms. The molecule has 0 aliphatic heterocycles. The highest BCUT2D eigenvalue weighted by Crippen LogP contribution is 2.22. The number of carbonyl (C=O) groups is 2. The molecule has 0 unspecified atom stereocenters. The number of ether oxygens (including phenoxy) is 1. The zero-order chi connectivity index (χ0) is 17.4. The smallest absolute Gasteiger partial charge is 0.411 e. The van der Waals surface area contributed by atoms with Crippen LogP contribution in [0.5, 0.6) is 5.75 Å². The monoisotopic (exact) mass is 326 g/mol. The van der Waals surface area contributed by atoms with E-state index in [4.69, 9.17) is 4.74 Å². The van der Waals surface area contributed by atoms with Crippen molar-refractivity contribution in [2.24, 2.45) is 0 Å². The van der Waals surface area contributed by atoms with Crippen molar-refractivity contribution in [2.75, 3.05) is 11.9 Å². The molecule has 0 saturated carbocycles. The molecule has 0 bridgehead atoms. The molecule has 0 heterocycles. The van der Waals surface area contributed by atoms with Gasteiger partial charge >= 0.3 is 6.09 Å².